The Bertz CT molecular complexity index is 702. The fourth-order valence-corrected chi connectivity index (χ4v) is 5.78. The summed E-state index contributed by atoms with van der Waals surface area (Å²) in [6.07, 6.45) is 5.01. The van der Waals surface area contributed by atoms with Crippen LogP contribution in [-0.2, 0) is 12.8 Å². The third-order valence-corrected chi connectivity index (χ3v) is 6.81. The highest BCUT2D eigenvalue weighted by Crippen LogP contribution is 2.55. The molecule has 2 amide bonds. The Morgan fingerprint density at radius 1 is 1.29 bits per heavy atom. The number of aliphatic hydroxyl groups excluding tert-OH is 1. The van der Waals surface area contributed by atoms with Crippen molar-refractivity contribution in [1.82, 2.24) is 4.90 Å². The first-order valence-corrected chi connectivity index (χ1v) is 9.12. The summed E-state index contributed by atoms with van der Waals surface area (Å²) in [5.74, 6) is 2.21. The van der Waals surface area contributed by atoms with E-state index in [1.807, 2.05) is 11.0 Å². The predicted octanol–water partition coefficient (Wildman–Crippen LogP) is 2.42. The van der Waals surface area contributed by atoms with Gasteiger partial charge in [-0.1, -0.05) is 6.07 Å². The number of aliphatic hydroxyl groups is 1. The van der Waals surface area contributed by atoms with Gasteiger partial charge in [-0.25, -0.2) is 4.79 Å². The zero-order valence-electron chi connectivity index (χ0n) is 14.0. The van der Waals surface area contributed by atoms with E-state index < -0.39 is 0 Å². The molecule has 4 aliphatic rings. The van der Waals surface area contributed by atoms with E-state index in [0.717, 1.165) is 50.1 Å². The lowest BCUT2D eigenvalue weighted by Crippen LogP contribution is -2.45. The Labute approximate surface area is 142 Å². The topological polar surface area (TPSA) is 61.8 Å². The lowest BCUT2D eigenvalue weighted by molar-refractivity contribution is 0.0631. The molecule has 1 heterocycles. The number of methoxy groups -OCH3 is 1. The van der Waals surface area contributed by atoms with Gasteiger partial charge in [0.2, 0.25) is 0 Å². The number of amides is 2. The van der Waals surface area contributed by atoms with E-state index in [0.29, 0.717) is 17.8 Å². The number of rotatable bonds is 2. The summed E-state index contributed by atoms with van der Waals surface area (Å²) in [6, 6.07) is 4.00. The molecule has 0 radical (unpaired) electrons. The van der Waals surface area contributed by atoms with E-state index in [2.05, 4.69) is 11.4 Å². The molecule has 128 valence electrons. The van der Waals surface area contributed by atoms with Crippen molar-refractivity contribution < 1.29 is 14.6 Å². The molecule has 3 aliphatic carbocycles. The zero-order chi connectivity index (χ0) is 16.4. The molecular weight excluding hydrogens is 304 g/mol. The largest absolute Gasteiger partial charge is 0.495 e. The molecule has 24 heavy (non-hydrogen) atoms. The smallest absolute Gasteiger partial charge is 0.322 e. The van der Waals surface area contributed by atoms with Crippen LogP contribution in [0.5, 0.6) is 5.75 Å². The number of carbonyl (C=O) groups is 1. The summed E-state index contributed by atoms with van der Waals surface area (Å²) in [6.45, 7) is 0.784. The van der Waals surface area contributed by atoms with Crippen LogP contribution in [0.25, 0.3) is 0 Å². The Hall–Kier alpha value is -1.75. The molecule has 3 fully saturated rings. The van der Waals surface area contributed by atoms with Crippen LogP contribution in [0.1, 0.15) is 30.4 Å². The van der Waals surface area contributed by atoms with Crippen molar-refractivity contribution in [2.75, 3.05) is 19.0 Å². The third kappa shape index (κ3) is 1.88. The highest BCUT2D eigenvalue weighted by molar-refractivity contribution is 5.93. The van der Waals surface area contributed by atoms with Gasteiger partial charge >= 0.3 is 6.03 Å². The van der Waals surface area contributed by atoms with Crippen molar-refractivity contribution in [2.24, 2.45) is 17.8 Å². The highest BCUT2D eigenvalue weighted by Gasteiger charge is 2.60. The van der Waals surface area contributed by atoms with Crippen LogP contribution in [-0.4, -0.2) is 41.8 Å². The first-order chi connectivity index (χ1) is 11.7. The number of ether oxygens (including phenoxy) is 1. The van der Waals surface area contributed by atoms with Gasteiger partial charge in [0.15, 0.2) is 0 Å². The zero-order valence-corrected chi connectivity index (χ0v) is 14.0. The number of urea groups is 1. The van der Waals surface area contributed by atoms with Crippen LogP contribution in [0.15, 0.2) is 12.1 Å². The van der Waals surface area contributed by atoms with Crippen LogP contribution in [0.2, 0.25) is 0 Å². The lowest BCUT2D eigenvalue weighted by atomic mass is 9.88. The van der Waals surface area contributed by atoms with Crippen LogP contribution < -0.4 is 10.1 Å². The van der Waals surface area contributed by atoms with E-state index in [1.165, 1.54) is 11.1 Å². The van der Waals surface area contributed by atoms with Crippen molar-refractivity contribution in [1.29, 1.82) is 0 Å². The molecule has 0 unspecified atom stereocenters. The van der Waals surface area contributed by atoms with E-state index in [-0.39, 0.29) is 18.2 Å². The Kier molecular flexibility index (Phi) is 3.11. The SMILES string of the molecule is COc1ccc2c(c1NC(=O)N1C[C@@H]3C[C@H]4C[C@H]3[C@@H]1[C@H]4O)CCC2. The van der Waals surface area contributed by atoms with Crippen LogP contribution in [0.4, 0.5) is 10.5 Å². The number of fused-ring (bicyclic) bond motifs is 2. The first-order valence-electron chi connectivity index (χ1n) is 9.12. The van der Waals surface area contributed by atoms with Gasteiger partial charge < -0.3 is 20.1 Å². The highest BCUT2D eigenvalue weighted by atomic mass is 16.5. The normalized spacial score (nSPS) is 35.4. The fourth-order valence-electron chi connectivity index (χ4n) is 5.78. The van der Waals surface area contributed by atoms with Crippen molar-refractivity contribution in [2.45, 2.75) is 44.2 Å². The van der Waals surface area contributed by atoms with Gasteiger partial charge in [-0.15, -0.1) is 0 Å². The summed E-state index contributed by atoms with van der Waals surface area (Å²) < 4.78 is 5.49. The molecule has 0 spiro atoms. The third-order valence-electron chi connectivity index (χ3n) is 6.81. The standard InChI is InChI=1S/C19H24N2O3/c1-24-15-6-5-10-3-2-4-13(10)16(15)20-19(23)21-9-12-7-11-8-14(12)17(21)18(11)22/h5-6,11-12,14,17-18,22H,2-4,7-9H2,1H3,(H,20,23)/t11-,12-,14+,17+,18-/m0/s1. The summed E-state index contributed by atoms with van der Waals surface area (Å²) in [7, 11) is 1.65. The number of carbonyl (C=O) groups excluding carboxylic acids is 1. The number of anilines is 1. The molecule has 5 atom stereocenters. The van der Waals surface area contributed by atoms with Gasteiger partial charge in [-0.3, -0.25) is 0 Å². The molecule has 2 bridgehead atoms. The van der Waals surface area contributed by atoms with Crippen LogP contribution in [0, 0.1) is 17.8 Å². The molecule has 5 heteroatoms. The van der Waals surface area contributed by atoms with Crippen molar-refractivity contribution in [3.8, 4) is 5.75 Å². The van der Waals surface area contributed by atoms with Crippen molar-refractivity contribution in [3.05, 3.63) is 23.3 Å². The number of benzene rings is 1. The minimum Gasteiger partial charge on any atom is -0.495 e. The number of aryl methyl sites for hydroxylation is 1. The summed E-state index contributed by atoms with van der Waals surface area (Å²) in [5.41, 5.74) is 3.36. The average molecular weight is 328 g/mol. The monoisotopic (exact) mass is 328 g/mol. The first kappa shape index (κ1) is 14.6. The van der Waals surface area contributed by atoms with E-state index in [9.17, 15) is 9.90 Å². The van der Waals surface area contributed by atoms with E-state index >= 15 is 0 Å². The number of nitrogens with zero attached hydrogens (tertiary/aromatic N) is 1. The number of likely N-dealkylation sites (tertiary alicyclic amines) is 1. The van der Waals surface area contributed by atoms with E-state index in [4.69, 9.17) is 4.74 Å². The van der Waals surface area contributed by atoms with Crippen LogP contribution in [0.3, 0.4) is 0 Å². The van der Waals surface area contributed by atoms with Crippen molar-refractivity contribution in [3.63, 3.8) is 0 Å². The molecule has 2 N–H and O–H groups in total. The number of hydrogen-bond donors (Lipinski definition) is 2. The second-order valence-electron chi connectivity index (χ2n) is 7.85. The van der Waals surface area contributed by atoms with Gasteiger partial charge in [0.05, 0.1) is 24.9 Å². The molecule has 1 aliphatic heterocycles. The molecule has 1 saturated heterocycles. The van der Waals surface area contributed by atoms with Gasteiger partial charge in [-0.05, 0) is 67.1 Å². The molecule has 2 saturated carbocycles. The van der Waals surface area contributed by atoms with E-state index in [1.54, 1.807) is 7.11 Å². The second-order valence-corrected chi connectivity index (χ2v) is 7.85. The van der Waals surface area contributed by atoms with Crippen molar-refractivity contribution >= 4 is 11.7 Å². The molecule has 5 rings (SSSR count). The van der Waals surface area contributed by atoms with Gasteiger partial charge in [0, 0.05) is 6.54 Å². The fraction of sp³-hybridized carbons (Fsp3) is 0.632. The lowest BCUT2D eigenvalue weighted by Gasteiger charge is -2.29. The van der Waals surface area contributed by atoms with Gasteiger partial charge in [0.1, 0.15) is 5.75 Å². The number of hydrogen-bond acceptors (Lipinski definition) is 3. The molecule has 0 aromatic heterocycles. The maximum Gasteiger partial charge on any atom is 0.322 e. The summed E-state index contributed by atoms with van der Waals surface area (Å²) in [5, 5.41) is 13.6. The van der Waals surface area contributed by atoms with Crippen LogP contribution >= 0.6 is 0 Å². The van der Waals surface area contributed by atoms with Gasteiger partial charge in [-0.2, -0.15) is 0 Å². The Balaban J connectivity index is 1.43. The summed E-state index contributed by atoms with van der Waals surface area (Å²) >= 11 is 0. The minimum absolute atomic E-state index is 0.0107. The molecule has 1 aromatic rings. The molecular formula is C19H24N2O3. The maximum atomic E-state index is 13.0. The average Bonchev–Trinajstić information content (AvgIpc) is 3.30. The predicted molar refractivity (Wildman–Crippen MR) is 90.2 cm³/mol. The minimum atomic E-state index is -0.345. The quantitative estimate of drug-likeness (QED) is 0.876. The van der Waals surface area contributed by atoms with Gasteiger partial charge in [0.25, 0.3) is 0 Å². The second kappa shape index (κ2) is 5.12. The molecule has 1 aromatic carbocycles. The Morgan fingerprint density at radius 3 is 2.96 bits per heavy atom. The maximum absolute atomic E-state index is 13.0. The summed E-state index contributed by atoms with van der Waals surface area (Å²) in [4.78, 5) is 14.9. The number of nitrogens with one attached hydrogen (secondary N) is 1. The Morgan fingerprint density at radius 2 is 2.17 bits per heavy atom. The molecule has 5 nitrogen and oxygen atoms in total.